The number of hydrogen-bond donors (Lipinski definition) is 1. The number of ether oxygens (including phenoxy) is 3. The van der Waals surface area contributed by atoms with Gasteiger partial charge in [-0.3, -0.25) is 4.90 Å². The molecule has 6 heterocycles. The predicted octanol–water partition coefficient (Wildman–Crippen LogP) is 6.48. The highest BCUT2D eigenvalue weighted by atomic mass is 35.5. The van der Waals surface area contributed by atoms with Crippen LogP contribution in [0.4, 0.5) is 32.8 Å². The lowest BCUT2D eigenvalue weighted by molar-refractivity contribution is -0.0575. The van der Waals surface area contributed by atoms with Gasteiger partial charge in [-0.2, -0.15) is 15.2 Å². The van der Waals surface area contributed by atoms with E-state index in [-0.39, 0.29) is 104 Å². The number of nitrogens with zero attached hydrogens (tertiary/aromatic N) is 5. The molecule has 3 fully saturated rings. The lowest BCUT2D eigenvalue weighted by Crippen LogP contribution is -2.45. The molecule has 2 aromatic carbocycles. The Morgan fingerprint density at radius 3 is 2.88 bits per heavy atom. The Morgan fingerprint density at radius 2 is 2.06 bits per heavy atom. The van der Waals surface area contributed by atoms with E-state index < -0.39 is 48.5 Å². The molecule has 2 aromatic heterocycles. The smallest absolute Gasteiger partial charge is 0.319 e. The van der Waals surface area contributed by atoms with Crippen LogP contribution in [-0.4, -0.2) is 84.6 Å². The van der Waals surface area contributed by atoms with Crippen LogP contribution in [0.5, 0.6) is 11.8 Å². The second-order valence-electron chi connectivity index (χ2n) is 12.8. The molecule has 0 spiro atoms. The minimum absolute atomic E-state index is 0.00407. The number of rotatable bonds is 4. The zero-order valence-electron chi connectivity index (χ0n) is 25.3. The highest BCUT2D eigenvalue weighted by molar-refractivity contribution is 7.23. The van der Waals surface area contributed by atoms with Gasteiger partial charge in [0.2, 0.25) is 0 Å². The third-order valence-electron chi connectivity index (χ3n) is 9.81. The van der Waals surface area contributed by atoms with Crippen molar-refractivity contribution in [2.75, 3.05) is 56.7 Å². The molecule has 8 rings (SSSR count). The summed E-state index contributed by atoms with van der Waals surface area (Å²) in [4.78, 5) is 12.4. The Bertz CT molecular complexity index is 2030. The Labute approximate surface area is 279 Å². The van der Waals surface area contributed by atoms with Crippen molar-refractivity contribution in [1.29, 1.82) is 5.26 Å². The van der Waals surface area contributed by atoms with E-state index in [1.54, 1.807) is 0 Å². The molecule has 48 heavy (non-hydrogen) atoms. The number of benzene rings is 2. The fourth-order valence-electron chi connectivity index (χ4n) is 7.68. The molecule has 1 unspecified atom stereocenters. The molecule has 252 valence electrons. The number of fused-ring (bicyclic) bond motifs is 4. The summed E-state index contributed by atoms with van der Waals surface area (Å²) < 4.78 is 94.4. The Hall–Kier alpha value is -3.71. The van der Waals surface area contributed by atoms with E-state index in [1.165, 1.54) is 11.0 Å². The van der Waals surface area contributed by atoms with Gasteiger partial charge in [-0.25, -0.2) is 22.0 Å². The van der Waals surface area contributed by atoms with Gasteiger partial charge in [0.15, 0.2) is 11.6 Å². The van der Waals surface area contributed by atoms with Crippen molar-refractivity contribution >= 4 is 54.7 Å². The Morgan fingerprint density at radius 1 is 1.23 bits per heavy atom. The molecule has 0 bridgehead atoms. The van der Waals surface area contributed by atoms with Crippen molar-refractivity contribution < 1.29 is 36.2 Å². The largest absolute Gasteiger partial charge is 0.491 e. The molecular formula is C32H28ClF5N6O3S. The Balaban J connectivity index is 1.37. The summed E-state index contributed by atoms with van der Waals surface area (Å²) in [5, 5.41) is 9.71. The van der Waals surface area contributed by atoms with E-state index in [4.69, 9.17) is 31.5 Å². The van der Waals surface area contributed by atoms with Crippen LogP contribution in [0.25, 0.3) is 32.1 Å². The van der Waals surface area contributed by atoms with Gasteiger partial charge >= 0.3 is 6.01 Å². The topological polar surface area (TPSA) is 110 Å². The molecule has 9 nitrogen and oxygen atoms in total. The zero-order chi connectivity index (χ0) is 33.5. The first-order valence-corrected chi connectivity index (χ1v) is 16.7. The molecule has 0 saturated carbocycles. The zero-order valence-corrected chi connectivity index (χ0v) is 26.9. The van der Waals surface area contributed by atoms with Gasteiger partial charge in [-0.1, -0.05) is 17.7 Å². The maximum absolute atomic E-state index is 17.1. The summed E-state index contributed by atoms with van der Waals surface area (Å²) in [6, 6.07) is 3.47. The summed E-state index contributed by atoms with van der Waals surface area (Å²) in [5.41, 5.74) is 4.89. The van der Waals surface area contributed by atoms with Crippen LogP contribution in [0.3, 0.4) is 0 Å². The average molecular weight is 707 g/mol. The van der Waals surface area contributed by atoms with Crippen molar-refractivity contribution in [3.05, 3.63) is 34.4 Å². The number of aromatic nitrogens is 2. The van der Waals surface area contributed by atoms with E-state index in [0.717, 1.165) is 23.8 Å². The summed E-state index contributed by atoms with van der Waals surface area (Å²) >= 11 is 7.78. The first-order valence-electron chi connectivity index (χ1n) is 15.5. The molecule has 3 atom stereocenters. The second kappa shape index (κ2) is 11.4. The van der Waals surface area contributed by atoms with Crippen LogP contribution in [0.15, 0.2) is 12.1 Å². The van der Waals surface area contributed by atoms with Crippen LogP contribution in [0, 0.1) is 23.0 Å². The molecule has 0 amide bonds. The highest BCUT2D eigenvalue weighted by Crippen LogP contribution is 2.51. The maximum atomic E-state index is 17.1. The number of nitrogen functional groups attached to an aromatic ring is 1. The second-order valence-corrected chi connectivity index (χ2v) is 14.2. The number of hydrogen-bond acceptors (Lipinski definition) is 10. The SMILES string of the molecule is N#Cc1c(N)sc2c(F)ccc(-c3c(Cl)c4c5c(nc(OC[C@@]67CCCN6C[C@H](F)C7)nc5c3F)N3CC(F)(F)COCC3CCO4)c12. The van der Waals surface area contributed by atoms with Crippen LogP contribution < -0.4 is 20.1 Å². The van der Waals surface area contributed by atoms with Crippen LogP contribution in [0.2, 0.25) is 5.02 Å². The van der Waals surface area contributed by atoms with E-state index in [2.05, 4.69) is 9.97 Å². The molecule has 3 saturated heterocycles. The molecule has 0 aliphatic carbocycles. The molecular weight excluding hydrogens is 679 g/mol. The summed E-state index contributed by atoms with van der Waals surface area (Å²) in [5.74, 6) is -5.06. The predicted molar refractivity (Wildman–Crippen MR) is 170 cm³/mol. The lowest BCUT2D eigenvalue weighted by Gasteiger charge is -2.35. The molecule has 0 radical (unpaired) electrons. The first kappa shape index (κ1) is 31.6. The van der Waals surface area contributed by atoms with E-state index in [0.29, 0.717) is 13.0 Å². The fraction of sp³-hybridized carbons (Fsp3) is 0.469. The number of nitriles is 1. The third kappa shape index (κ3) is 4.90. The van der Waals surface area contributed by atoms with Crippen LogP contribution in [0.1, 0.15) is 31.2 Å². The van der Waals surface area contributed by atoms with Crippen molar-refractivity contribution in [2.24, 2.45) is 0 Å². The normalized spacial score (nSPS) is 25.2. The van der Waals surface area contributed by atoms with Crippen molar-refractivity contribution in [3.63, 3.8) is 0 Å². The minimum atomic E-state index is -3.27. The number of thiophene rings is 1. The van der Waals surface area contributed by atoms with Gasteiger partial charge in [0.05, 0.1) is 52.0 Å². The molecule has 4 aliphatic rings. The van der Waals surface area contributed by atoms with E-state index in [9.17, 15) is 14.0 Å². The van der Waals surface area contributed by atoms with Crippen LogP contribution in [-0.2, 0) is 4.74 Å². The quantitative estimate of drug-likeness (QED) is 0.239. The molecule has 4 aromatic rings. The molecule has 2 N–H and O–H groups in total. The minimum Gasteiger partial charge on any atom is -0.491 e. The van der Waals surface area contributed by atoms with E-state index >= 15 is 13.2 Å². The number of anilines is 2. The summed E-state index contributed by atoms with van der Waals surface area (Å²) in [6.07, 6.45) is 0.993. The van der Waals surface area contributed by atoms with Crippen molar-refractivity contribution in [1.82, 2.24) is 14.9 Å². The van der Waals surface area contributed by atoms with Gasteiger partial charge in [-0.05, 0) is 31.0 Å². The van der Waals surface area contributed by atoms with Gasteiger partial charge in [0, 0.05) is 30.3 Å². The third-order valence-corrected chi connectivity index (χ3v) is 11.2. The molecule has 4 aliphatic heterocycles. The lowest BCUT2D eigenvalue weighted by atomic mass is 9.95. The highest BCUT2D eigenvalue weighted by Gasteiger charge is 2.49. The van der Waals surface area contributed by atoms with Gasteiger partial charge in [0.1, 0.15) is 47.6 Å². The standard InChI is InChI=1S/C32H28ClF5N6O3S/c33-23-21(17-2-3-19(35)27-20(17)18(9-39)28(40)48-27)24(36)25-22-26(23)46-7-4-16-11-45-14-32(37,38)12-44(16)29(22)42-30(41-25)47-13-31-5-1-6-43(31)10-15(34)8-31/h2-3,15-16H,1,4-8,10-14,40H2/t15-,16?,31+/m1/s1. The maximum Gasteiger partial charge on any atom is 0.319 e. The van der Waals surface area contributed by atoms with Crippen LogP contribution >= 0.6 is 22.9 Å². The monoisotopic (exact) mass is 706 g/mol. The number of alkyl halides is 3. The fourth-order valence-corrected chi connectivity index (χ4v) is 8.96. The van der Waals surface area contributed by atoms with Gasteiger partial charge in [0.25, 0.3) is 5.92 Å². The number of nitrogens with two attached hydrogens (primary N) is 1. The average Bonchev–Trinajstić information content (AvgIpc) is 3.65. The van der Waals surface area contributed by atoms with Gasteiger partial charge < -0.3 is 24.8 Å². The van der Waals surface area contributed by atoms with Crippen molar-refractivity contribution in [3.8, 4) is 29.0 Å². The molecule has 16 heteroatoms. The number of halogens is 6. The van der Waals surface area contributed by atoms with Gasteiger partial charge in [-0.15, -0.1) is 11.3 Å². The van der Waals surface area contributed by atoms with Crippen molar-refractivity contribution in [2.45, 2.75) is 49.4 Å². The van der Waals surface area contributed by atoms with E-state index in [1.807, 2.05) is 11.0 Å². The summed E-state index contributed by atoms with van der Waals surface area (Å²) in [6.45, 7) is -0.672. The Kier molecular flexibility index (Phi) is 7.52. The summed E-state index contributed by atoms with van der Waals surface area (Å²) in [7, 11) is 0. The first-order chi connectivity index (χ1) is 23.0.